The lowest BCUT2D eigenvalue weighted by atomic mass is 10.1. The molecule has 0 radical (unpaired) electrons. The third kappa shape index (κ3) is 4.29. The van der Waals surface area contributed by atoms with Gasteiger partial charge >= 0.3 is 0 Å². The highest BCUT2D eigenvalue weighted by Crippen LogP contribution is 2.21. The van der Waals surface area contributed by atoms with Crippen molar-refractivity contribution in [2.75, 3.05) is 27.3 Å². The van der Waals surface area contributed by atoms with Gasteiger partial charge in [0, 0.05) is 25.8 Å². The first-order valence-electron chi connectivity index (χ1n) is 6.61. The lowest BCUT2D eigenvalue weighted by molar-refractivity contribution is 0.149. The minimum Gasteiger partial charge on any atom is -0.383 e. The first-order chi connectivity index (χ1) is 9.84. The summed E-state index contributed by atoms with van der Waals surface area (Å²) < 4.78 is 31.7. The Hall–Kier alpha value is -1.39. The highest BCUT2D eigenvalue weighted by molar-refractivity contribution is 7.89. The van der Waals surface area contributed by atoms with Crippen LogP contribution >= 0.6 is 0 Å². The van der Waals surface area contributed by atoms with Crippen molar-refractivity contribution in [2.24, 2.45) is 5.73 Å². The molecule has 0 aromatic heterocycles. The molecule has 1 unspecified atom stereocenters. The summed E-state index contributed by atoms with van der Waals surface area (Å²) in [7, 11) is -0.485. The highest BCUT2D eigenvalue weighted by Gasteiger charge is 2.26. The van der Waals surface area contributed by atoms with Crippen LogP contribution in [0.1, 0.15) is 18.1 Å². The summed E-state index contributed by atoms with van der Waals surface area (Å²) in [6.45, 7) is 4.14. The van der Waals surface area contributed by atoms with Crippen molar-refractivity contribution < 1.29 is 13.2 Å². The summed E-state index contributed by atoms with van der Waals surface area (Å²) >= 11 is 0. The summed E-state index contributed by atoms with van der Waals surface area (Å²) in [6, 6.07) is 4.87. The second kappa shape index (κ2) is 7.57. The number of benzene rings is 1. The van der Waals surface area contributed by atoms with Gasteiger partial charge in [0.05, 0.1) is 18.0 Å². The molecule has 1 atom stereocenters. The molecule has 2 N–H and O–H groups in total. The van der Waals surface area contributed by atoms with Crippen LogP contribution in [0.4, 0.5) is 0 Å². The SMILES string of the molecule is COCC(C)N(C)S(=O)(=O)c1cc(C#CCN)ccc1C. The van der Waals surface area contributed by atoms with Crippen molar-refractivity contribution >= 4 is 10.0 Å². The van der Waals surface area contributed by atoms with Gasteiger partial charge in [-0.2, -0.15) is 4.31 Å². The van der Waals surface area contributed by atoms with Crippen LogP contribution in [0.25, 0.3) is 0 Å². The molecule has 0 saturated carbocycles. The van der Waals surface area contributed by atoms with E-state index in [1.54, 1.807) is 46.2 Å². The van der Waals surface area contributed by atoms with Gasteiger partial charge in [-0.15, -0.1) is 0 Å². The van der Waals surface area contributed by atoms with Crippen molar-refractivity contribution in [3.63, 3.8) is 0 Å². The zero-order valence-electron chi connectivity index (χ0n) is 12.9. The van der Waals surface area contributed by atoms with Crippen LogP contribution < -0.4 is 5.73 Å². The van der Waals surface area contributed by atoms with E-state index >= 15 is 0 Å². The number of hydrogen-bond acceptors (Lipinski definition) is 4. The molecule has 0 aliphatic heterocycles. The summed E-state index contributed by atoms with van der Waals surface area (Å²) in [4.78, 5) is 0.261. The Bertz CT molecular complexity index is 645. The van der Waals surface area contributed by atoms with E-state index < -0.39 is 10.0 Å². The fraction of sp³-hybridized carbons (Fsp3) is 0.467. The quantitative estimate of drug-likeness (QED) is 0.822. The Morgan fingerprint density at radius 2 is 2.10 bits per heavy atom. The molecular weight excluding hydrogens is 288 g/mol. The molecule has 116 valence electrons. The average molecular weight is 310 g/mol. The van der Waals surface area contributed by atoms with Gasteiger partial charge < -0.3 is 10.5 Å². The molecule has 0 bridgehead atoms. The van der Waals surface area contributed by atoms with Gasteiger partial charge in [0.1, 0.15) is 0 Å². The maximum Gasteiger partial charge on any atom is 0.243 e. The molecule has 5 nitrogen and oxygen atoms in total. The van der Waals surface area contributed by atoms with Crippen LogP contribution in [-0.2, 0) is 14.8 Å². The van der Waals surface area contributed by atoms with Crippen LogP contribution in [-0.4, -0.2) is 46.1 Å². The average Bonchev–Trinajstić information content (AvgIpc) is 2.45. The van der Waals surface area contributed by atoms with E-state index in [1.165, 1.54) is 4.31 Å². The molecule has 0 heterocycles. The number of ether oxygens (including phenoxy) is 1. The molecule has 1 rings (SSSR count). The fourth-order valence-electron chi connectivity index (χ4n) is 1.85. The van der Waals surface area contributed by atoms with E-state index in [-0.39, 0.29) is 17.5 Å². The minimum atomic E-state index is -3.58. The maximum atomic E-state index is 12.7. The minimum absolute atomic E-state index is 0.237. The smallest absolute Gasteiger partial charge is 0.243 e. The van der Waals surface area contributed by atoms with Gasteiger partial charge in [0.15, 0.2) is 0 Å². The summed E-state index contributed by atoms with van der Waals surface area (Å²) in [6.07, 6.45) is 0. The first kappa shape index (κ1) is 17.7. The zero-order valence-corrected chi connectivity index (χ0v) is 13.7. The lowest BCUT2D eigenvalue weighted by Gasteiger charge is -2.24. The number of nitrogens with two attached hydrogens (primary N) is 1. The van der Waals surface area contributed by atoms with Crippen molar-refractivity contribution in [3.8, 4) is 11.8 Å². The largest absolute Gasteiger partial charge is 0.383 e. The topological polar surface area (TPSA) is 72.6 Å². The lowest BCUT2D eigenvalue weighted by Crippen LogP contribution is -2.38. The molecule has 1 aromatic carbocycles. The van der Waals surface area contributed by atoms with E-state index in [0.29, 0.717) is 17.7 Å². The Labute approximate surface area is 127 Å². The highest BCUT2D eigenvalue weighted by atomic mass is 32.2. The van der Waals surface area contributed by atoms with E-state index in [2.05, 4.69) is 11.8 Å². The van der Waals surface area contributed by atoms with Crippen LogP contribution in [0.2, 0.25) is 0 Å². The van der Waals surface area contributed by atoms with E-state index in [4.69, 9.17) is 10.5 Å². The van der Waals surface area contributed by atoms with Gasteiger partial charge in [0.2, 0.25) is 10.0 Å². The number of nitrogens with zero attached hydrogens (tertiary/aromatic N) is 1. The van der Waals surface area contributed by atoms with Gasteiger partial charge in [0.25, 0.3) is 0 Å². The van der Waals surface area contributed by atoms with E-state index in [9.17, 15) is 8.42 Å². The molecule has 0 aliphatic carbocycles. The standard InChI is InChI=1S/C15H22N2O3S/c1-12-7-8-14(6-5-9-16)10-15(12)21(18,19)17(3)13(2)11-20-4/h7-8,10,13H,9,11,16H2,1-4H3. The molecule has 0 aliphatic rings. The number of aryl methyl sites for hydroxylation is 1. The van der Waals surface area contributed by atoms with E-state index in [1.807, 2.05) is 0 Å². The van der Waals surface area contributed by atoms with Crippen molar-refractivity contribution in [1.29, 1.82) is 0 Å². The normalized spacial score (nSPS) is 12.9. The van der Waals surface area contributed by atoms with Gasteiger partial charge in [-0.25, -0.2) is 8.42 Å². The summed E-state index contributed by atoms with van der Waals surface area (Å²) in [5.74, 6) is 5.58. The molecule has 21 heavy (non-hydrogen) atoms. The molecule has 0 amide bonds. The molecule has 1 aromatic rings. The van der Waals surface area contributed by atoms with Crippen LogP contribution in [0, 0.1) is 18.8 Å². The summed E-state index contributed by atoms with van der Waals surface area (Å²) in [5, 5.41) is 0. The number of likely N-dealkylation sites (N-methyl/N-ethyl adjacent to an activating group) is 1. The Balaban J connectivity index is 3.24. The predicted octanol–water partition coefficient (Wildman–Crippen LogP) is 0.961. The van der Waals surface area contributed by atoms with Crippen molar-refractivity contribution in [2.45, 2.75) is 24.8 Å². The van der Waals surface area contributed by atoms with Crippen molar-refractivity contribution in [1.82, 2.24) is 4.31 Å². The molecule has 0 spiro atoms. The monoisotopic (exact) mass is 310 g/mol. The van der Waals surface area contributed by atoms with Crippen LogP contribution in [0.15, 0.2) is 23.1 Å². The fourth-order valence-corrected chi connectivity index (χ4v) is 3.44. The second-order valence-electron chi connectivity index (χ2n) is 4.81. The van der Waals surface area contributed by atoms with Crippen molar-refractivity contribution in [3.05, 3.63) is 29.3 Å². The first-order valence-corrected chi connectivity index (χ1v) is 8.05. The van der Waals surface area contributed by atoms with E-state index in [0.717, 1.165) is 0 Å². The number of hydrogen-bond donors (Lipinski definition) is 1. The maximum absolute atomic E-state index is 12.7. The van der Waals surface area contributed by atoms with Gasteiger partial charge in [-0.1, -0.05) is 17.9 Å². The zero-order chi connectivity index (χ0) is 16.0. The van der Waals surface area contributed by atoms with Gasteiger partial charge in [-0.3, -0.25) is 0 Å². The Morgan fingerprint density at radius 1 is 1.43 bits per heavy atom. The Kier molecular flexibility index (Phi) is 6.37. The predicted molar refractivity (Wildman–Crippen MR) is 83.4 cm³/mol. The number of sulfonamides is 1. The van der Waals surface area contributed by atoms with Crippen LogP contribution in [0.3, 0.4) is 0 Å². The number of methoxy groups -OCH3 is 1. The Morgan fingerprint density at radius 3 is 2.67 bits per heavy atom. The molecule has 0 saturated heterocycles. The number of rotatable bonds is 5. The molecular formula is C15H22N2O3S. The third-order valence-electron chi connectivity index (χ3n) is 3.21. The molecule has 0 fully saturated rings. The second-order valence-corrected chi connectivity index (χ2v) is 6.78. The third-order valence-corrected chi connectivity index (χ3v) is 5.32. The molecule has 6 heteroatoms. The summed E-state index contributed by atoms with van der Waals surface area (Å²) in [5.41, 5.74) is 6.66. The van der Waals surface area contributed by atoms with Crippen LogP contribution in [0.5, 0.6) is 0 Å². The van der Waals surface area contributed by atoms with Gasteiger partial charge in [-0.05, 0) is 31.5 Å².